The first kappa shape index (κ1) is 38.8. The van der Waals surface area contributed by atoms with Crippen LogP contribution in [0.15, 0.2) is 47.2 Å². The van der Waals surface area contributed by atoms with Crippen LogP contribution in [0, 0.1) is 11.8 Å². The number of thiazole rings is 1. The lowest BCUT2D eigenvalue weighted by atomic mass is 9.74. The maximum absolute atomic E-state index is 13.4. The van der Waals surface area contributed by atoms with Gasteiger partial charge in [0.15, 0.2) is 23.2 Å². The Kier molecular flexibility index (Phi) is 12.3. The van der Waals surface area contributed by atoms with Gasteiger partial charge >= 0.3 is 5.97 Å². The summed E-state index contributed by atoms with van der Waals surface area (Å²) in [7, 11) is -5.23. The SMILES string of the molecule is CC1(C)[C@H](CC(=O)/C(=N\O[C@@H](CCCOc2ccc(-c3cn(CCCN)[n+](CC4CNC4)c3)cc2)C(=O)O)c2csc(N)n2)C(=O)N1OS(=O)(=O)[O-]. The van der Waals surface area contributed by atoms with E-state index in [1.54, 1.807) is 0 Å². The minimum atomic E-state index is -5.23. The number of rotatable bonds is 20. The van der Waals surface area contributed by atoms with Crippen molar-refractivity contribution in [2.75, 3.05) is 32.0 Å². The number of nitrogens with two attached hydrogens (primary N) is 2. The van der Waals surface area contributed by atoms with Gasteiger partial charge in [0.1, 0.15) is 11.4 Å². The Hall–Kier alpha value is -4.47. The van der Waals surface area contributed by atoms with Gasteiger partial charge in [-0.3, -0.25) is 9.59 Å². The highest BCUT2D eigenvalue weighted by atomic mass is 32.3. The Morgan fingerprint density at radius 3 is 2.54 bits per heavy atom. The molecule has 5 rings (SSSR count). The fourth-order valence-corrected chi connectivity index (χ4v) is 6.82. The second-order valence-corrected chi connectivity index (χ2v) is 14.9. The van der Waals surface area contributed by atoms with Crippen molar-refractivity contribution in [2.45, 2.75) is 64.3 Å². The number of carbonyl (C=O) groups excluding carboxylic acids is 2. The van der Waals surface area contributed by atoms with E-state index in [4.69, 9.17) is 21.0 Å². The molecule has 0 bridgehead atoms. The van der Waals surface area contributed by atoms with Crippen LogP contribution in [-0.2, 0) is 47.0 Å². The van der Waals surface area contributed by atoms with Crippen molar-refractivity contribution in [3.05, 3.63) is 47.7 Å². The standard InChI is InChI=1S/C32H42N8O10S2/c1-32(2)24(29(42)40(32)50-52(45,46)47)13-26(41)28(25-19-51-31(34)36-25)37-49-27(30(43)44)5-3-12-48-23-8-6-21(7-9-23)22-17-38(11-4-10-33)39(18-22)16-20-14-35-15-20/h6-9,17-20,24,27,35H,3-5,10-16,33H2,1-2H3,(H3-,34,36,43,44,45,46,47)/b37-28-/t24-,27+/m1/s1. The molecule has 6 N–H and O–H groups in total. The van der Waals surface area contributed by atoms with Gasteiger partial charge in [0.2, 0.25) is 22.7 Å². The van der Waals surface area contributed by atoms with Crippen LogP contribution in [0.5, 0.6) is 5.75 Å². The van der Waals surface area contributed by atoms with E-state index in [9.17, 15) is 32.5 Å². The van der Waals surface area contributed by atoms with Crippen molar-refractivity contribution in [3.8, 4) is 16.9 Å². The zero-order chi connectivity index (χ0) is 37.6. The number of hydrogen-bond acceptors (Lipinski definition) is 15. The summed E-state index contributed by atoms with van der Waals surface area (Å²) in [5.41, 5.74) is 11.9. The Labute approximate surface area is 304 Å². The molecule has 0 radical (unpaired) electrons. The summed E-state index contributed by atoms with van der Waals surface area (Å²) in [6.45, 7) is 7.38. The molecule has 2 saturated heterocycles. The lowest BCUT2D eigenvalue weighted by molar-refractivity contribution is -0.781. The van der Waals surface area contributed by atoms with Gasteiger partial charge in [-0.05, 0) is 50.9 Å². The summed E-state index contributed by atoms with van der Waals surface area (Å²) in [5, 5.41) is 18.9. The molecule has 20 heteroatoms. The van der Waals surface area contributed by atoms with Crippen LogP contribution < -0.4 is 26.2 Å². The third kappa shape index (κ3) is 9.49. The lowest BCUT2D eigenvalue weighted by Gasteiger charge is -2.51. The van der Waals surface area contributed by atoms with Crippen molar-refractivity contribution >= 4 is 50.2 Å². The first-order chi connectivity index (χ1) is 24.7. The van der Waals surface area contributed by atoms with Gasteiger partial charge in [-0.1, -0.05) is 17.3 Å². The van der Waals surface area contributed by atoms with Crippen LogP contribution >= 0.6 is 11.3 Å². The van der Waals surface area contributed by atoms with E-state index in [1.807, 2.05) is 24.3 Å². The van der Waals surface area contributed by atoms with E-state index in [0.29, 0.717) is 23.3 Å². The highest BCUT2D eigenvalue weighted by Crippen LogP contribution is 2.40. The number of aromatic nitrogens is 3. The fraction of sp³-hybridized carbons (Fsp3) is 0.500. The zero-order valence-corrected chi connectivity index (χ0v) is 30.3. The largest absolute Gasteiger partial charge is 0.724 e. The predicted molar refractivity (Wildman–Crippen MR) is 185 cm³/mol. The smallest absolute Gasteiger partial charge is 0.347 e. The number of ketones is 1. The summed E-state index contributed by atoms with van der Waals surface area (Å²) in [5.74, 6) is -2.87. The molecule has 52 heavy (non-hydrogen) atoms. The fourth-order valence-electron chi connectivity index (χ4n) is 5.82. The molecule has 18 nitrogen and oxygen atoms in total. The second kappa shape index (κ2) is 16.5. The van der Waals surface area contributed by atoms with Gasteiger partial charge in [-0.15, -0.1) is 16.0 Å². The molecule has 1 amide bonds. The Morgan fingerprint density at radius 2 is 1.96 bits per heavy atom. The number of anilines is 1. The number of nitrogens with one attached hydrogen (secondary N) is 1. The van der Waals surface area contributed by atoms with Crippen molar-refractivity contribution in [3.63, 3.8) is 0 Å². The van der Waals surface area contributed by atoms with Crippen molar-refractivity contribution < 1.29 is 51.0 Å². The van der Waals surface area contributed by atoms with Crippen LogP contribution in [0.4, 0.5) is 5.13 Å². The van der Waals surface area contributed by atoms with Gasteiger partial charge in [0.25, 0.3) is 5.91 Å². The number of β-lactam (4-membered cyclic amide) rings is 1. The average molecular weight is 763 g/mol. The molecule has 2 atom stereocenters. The van der Waals surface area contributed by atoms with Gasteiger partial charge in [0, 0.05) is 37.2 Å². The number of amides is 1. The van der Waals surface area contributed by atoms with E-state index in [0.717, 1.165) is 55.1 Å². The molecule has 4 heterocycles. The molecule has 2 fully saturated rings. The molecule has 2 aliphatic rings. The second-order valence-electron chi connectivity index (χ2n) is 13.1. The first-order valence-electron chi connectivity index (χ1n) is 16.6. The first-order valence-corrected chi connectivity index (χ1v) is 18.8. The van der Waals surface area contributed by atoms with Crippen LogP contribution in [0.1, 0.15) is 45.2 Å². The normalized spacial score (nSPS) is 18.1. The number of aryl methyl sites for hydroxylation is 1. The number of aliphatic carboxylic acids is 1. The summed E-state index contributed by atoms with van der Waals surface area (Å²) < 4.78 is 47.6. The van der Waals surface area contributed by atoms with E-state index >= 15 is 0 Å². The molecule has 0 aliphatic carbocycles. The molecular weight excluding hydrogens is 721 g/mol. The number of nitrogens with zero attached hydrogens (tertiary/aromatic N) is 5. The highest BCUT2D eigenvalue weighted by molar-refractivity contribution is 7.80. The average Bonchev–Trinajstić information content (AvgIpc) is 3.69. The molecule has 0 saturated carbocycles. The van der Waals surface area contributed by atoms with E-state index in [-0.39, 0.29) is 36.0 Å². The van der Waals surface area contributed by atoms with Crippen LogP contribution in [0.25, 0.3) is 11.1 Å². The third-order valence-corrected chi connectivity index (χ3v) is 9.89. The number of carboxylic acid groups (broad SMARTS) is 1. The van der Waals surface area contributed by atoms with Crippen molar-refractivity contribution in [1.82, 2.24) is 20.0 Å². The molecule has 1 aromatic carbocycles. The number of benzene rings is 1. The highest BCUT2D eigenvalue weighted by Gasteiger charge is 2.57. The molecule has 2 aromatic heterocycles. The van der Waals surface area contributed by atoms with Crippen molar-refractivity contribution in [1.29, 1.82) is 0 Å². The van der Waals surface area contributed by atoms with Crippen LogP contribution in [0.3, 0.4) is 0 Å². The van der Waals surface area contributed by atoms with Gasteiger partial charge in [-0.25, -0.2) is 18.2 Å². The van der Waals surface area contributed by atoms with E-state index in [1.165, 1.54) is 19.2 Å². The Balaban J connectivity index is 1.17. The zero-order valence-electron chi connectivity index (χ0n) is 28.7. The maximum Gasteiger partial charge on any atom is 0.347 e. The van der Waals surface area contributed by atoms with E-state index in [2.05, 4.69) is 41.5 Å². The summed E-state index contributed by atoms with van der Waals surface area (Å²) in [6.07, 6.45) is 3.44. The Bertz CT molecular complexity index is 1890. The summed E-state index contributed by atoms with van der Waals surface area (Å²) >= 11 is 1.00. The topological polar surface area (TPSA) is 258 Å². The third-order valence-electron chi connectivity index (χ3n) is 8.88. The molecular formula is C32H42N8O10S2. The number of nitrogen functional groups attached to an aromatic ring is 1. The monoisotopic (exact) mass is 762 g/mol. The van der Waals surface area contributed by atoms with Crippen molar-refractivity contribution in [2.24, 2.45) is 22.7 Å². The number of hydrogen-bond donors (Lipinski definition) is 4. The number of carboxylic acids is 1. The van der Waals surface area contributed by atoms with Gasteiger partial charge in [0.05, 0.1) is 36.4 Å². The molecule has 3 aromatic rings. The molecule has 0 unspecified atom stereocenters. The van der Waals surface area contributed by atoms with Crippen LogP contribution in [-0.4, -0.2) is 94.1 Å². The minimum absolute atomic E-state index is 0.000784. The minimum Gasteiger partial charge on any atom is -0.724 e. The number of Topliss-reactive ketones (excluding diaryl/α,β-unsaturated/α-hetero) is 1. The summed E-state index contributed by atoms with van der Waals surface area (Å²) in [6, 6.07) is 7.62. The molecule has 2 aliphatic heterocycles. The quantitative estimate of drug-likeness (QED) is 0.0235. The lowest BCUT2D eigenvalue weighted by Crippen LogP contribution is -2.68. The molecule has 282 valence electrons. The van der Waals surface area contributed by atoms with E-state index < -0.39 is 52.0 Å². The maximum atomic E-state index is 13.4. The summed E-state index contributed by atoms with van der Waals surface area (Å²) in [4.78, 5) is 47.3. The number of carbonyl (C=O) groups is 3. The predicted octanol–water partition coefficient (Wildman–Crippen LogP) is 0.671. The van der Waals surface area contributed by atoms with Gasteiger partial charge in [-0.2, -0.15) is 14.0 Å². The number of oxime groups is 1. The molecule has 0 spiro atoms. The number of hydroxylamine groups is 2. The van der Waals surface area contributed by atoms with Gasteiger partial charge < -0.3 is 36.0 Å². The Morgan fingerprint density at radius 1 is 1.23 bits per heavy atom. The van der Waals surface area contributed by atoms with Crippen LogP contribution in [0.2, 0.25) is 0 Å². The number of ether oxygens (including phenoxy) is 1.